The minimum Gasteiger partial charge on any atom is -0.487 e. The molecule has 0 unspecified atom stereocenters. The second-order valence-corrected chi connectivity index (χ2v) is 2.30. The zero-order chi connectivity index (χ0) is 8.27. The van der Waals surface area contributed by atoms with Crippen LogP contribution in [-0.2, 0) is 125 Å². The number of hydrogen-bond acceptors (Lipinski definition) is 0. The summed E-state index contributed by atoms with van der Waals surface area (Å²) in [6.45, 7) is 14.6. The van der Waals surface area contributed by atoms with E-state index in [1.807, 2.05) is 30.3 Å². The van der Waals surface area contributed by atoms with Gasteiger partial charge in [-0.1, -0.05) is 18.2 Å². The van der Waals surface area contributed by atoms with Gasteiger partial charge in [0.2, 0.25) is 0 Å². The molecule has 0 aromatic heterocycles. The summed E-state index contributed by atoms with van der Waals surface area (Å²) < 4.78 is 0. The summed E-state index contributed by atoms with van der Waals surface area (Å²) in [6.07, 6.45) is 0. The molecule has 6 heteroatoms. The molecule has 0 saturated heterocycles. The van der Waals surface area contributed by atoms with Crippen LogP contribution in [0.2, 0.25) is 0 Å². The zero-order valence-electron chi connectivity index (χ0n) is 9.06. The topological polar surface area (TPSA) is 0 Å². The molecule has 1 aromatic rings. The smallest absolute Gasteiger partial charge is 0 e. The molecule has 0 fully saturated rings. The summed E-state index contributed by atoms with van der Waals surface area (Å²) in [7, 11) is 0. The summed E-state index contributed by atoms with van der Waals surface area (Å²) in [6, 6.07) is 9.53. The standard InChI is InChI=1S/C11H9.5V.Y/c1-9(2)10(3)11-7-5-4-6-8-11;;;;;;/h1,3-8H,2H2;;;;;;/q-3;;;;;;. The van der Waals surface area contributed by atoms with Crippen LogP contribution >= 0.6 is 0 Å². The molecular formula is C11H9V5Y-3. The molecule has 0 saturated carbocycles. The van der Waals surface area contributed by atoms with Crippen LogP contribution in [0.4, 0.5) is 0 Å². The Kier molecular flexibility index (Phi) is 45.1. The van der Waals surface area contributed by atoms with E-state index in [0.29, 0.717) is 11.1 Å². The van der Waals surface area contributed by atoms with Crippen molar-refractivity contribution in [2.24, 2.45) is 0 Å². The molecule has 0 aliphatic carbocycles. The van der Waals surface area contributed by atoms with E-state index < -0.39 is 0 Å². The van der Waals surface area contributed by atoms with Crippen LogP contribution in [0.1, 0.15) is 5.56 Å². The summed E-state index contributed by atoms with van der Waals surface area (Å²) in [4.78, 5) is 0. The third kappa shape index (κ3) is 14.8. The first-order valence-electron chi connectivity index (χ1n) is 3.34. The normalized spacial score (nSPS) is 5.88. The van der Waals surface area contributed by atoms with Gasteiger partial charge in [-0.05, 0) is 0 Å². The first-order chi connectivity index (χ1) is 5.22. The van der Waals surface area contributed by atoms with Gasteiger partial charge in [0.05, 0.1) is 0 Å². The molecule has 0 atom stereocenters. The molecule has 1 aromatic carbocycles. The molecule has 17 heavy (non-hydrogen) atoms. The Bertz CT molecular complexity index is 287. The van der Waals surface area contributed by atoms with Gasteiger partial charge in [-0.3, -0.25) is 0 Å². The van der Waals surface area contributed by atoms with Crippen LogP contribution in [0.5, 0.6) is 0 Å². The van der Waals surface area contributed by atoms with Crippen molar-refractivity contribution in [2.45, 2.75) is 0 Å². The van der Waals surface area contributed by atoms with E-state index in [1.165, 1.54) is 0 Å². The SMILES string of the molecule is [CH-]=C([CH2-])C(=[CH-])c1ccccc1.[V].[V].[V].[V].[V].[Y]. The summed E-state index contributed by atoms with van der Waals surface area (Å²) in [5, 5.41) is 0. The summed E-state index contributed by atoms with van der Waals surface area (Å²) in [5.41, 5.74) is 1.88. The van der Waals surface area contributed by atoms with Gasteiger partial charge in [0.15, 0.2) is 0 Å². The maximum absolute atomic E-state index is 5.63. The van der Waals surface area contributed by atoms with Crippen molar-refractivity contribution < 1.29 is 125 Å². The van der Waals surface area contributed by atoms with Crippen molar-refractivity contribution in [3.8, 4) is 0 Å². The predicted octanol–water partition coefficient (Wildman–Crippen LogP) is 2.68. The van der Waals surface area contributed by atoms with Gasteiger partial charge in [0.25, 0.3) is 0 Å². The van der Waals surface area contributed by atoms with Gasteiger partial charge in [0, 0.05) is 125 Å². The van der Waals surface area contributed by atoms with Gasteiger partial charge < -0.3 is 31.2 Å². The summed E-state index contributed by atoms with van der Waals surface area (Å²) >= 11 is 0. The average Bonchev–Trinajstić information content (AvgIpc) is 2.05. The molecule has 0 bridgehead atoms. The van der Waals surface area contributed by atoms with Crippen molar-refractivity contribution >= 4 is 5.57 Å². The van der Waals surface area contributed by atoms with E-state index >= 15 is 0 Å². The Hall–Kier alpha value is 2.60. The maximum Gasteiger partial charge on any atom is 0 e. The quantitative estimate of drug-likeness (QED) is 0.447. The Morgan fingerprint density at radius 2 is 1.18 bits per heavy atom. The molecule has 0 spiro atoms. The molecule has 6 radical (unpaired) electrons. The van der Waals surface area contributed by atoms with Crippen LogP contribution in [0.25, 0.3) is 5.57 Å². The molecule has 0 aliphatic heterocycles. The Morgan fingerprint density at radius 1 is 0.824 bits per heavy atom. The molecule has 0 aliphatic rings. The Labute approximate surface area is 189 Å². The fraction of sp³-hybridized carbons (Fsp3) is 0. The van der Waals surface area contributed by atoms with Gasteiger partial charge in [-0.2, -0.15) is 0 Å². The fourth-order valence-electron chi connectivity index (χ4n) is 0.803. The second-order valence-electron chi connectivity index (χ2n) is 2.30. The summed E-state index contributed by atoms with van der Waals surface area (Å²) in [5.74, 6) is 0. The number of allylic oxidation sites excluding steroid dienone is 2. The second kappa shape index (κ2) is 20.9. The fourth-order valence-corrected chi connectivity index (χ4v) is 0.803. The number of hydrogen-bond donors (Lipinski definition) is 0. The number of benzene rings is 1. The van der Waals surface area contributed by atoms with Crippen LogP contribution in [0, 0.1) is 20.1 Å². The maximum atomic E-state index is 5.63. The molecule has 84 valence electrons. The monoisotopic (exact) mass is 485 g/mol. The van der Waals surface area contributed by atoms with Crippen LogP contribution in [-0.4, -0.2) is 0 Å². The zero-order valence-corrected chi connectivity index (χ0v) is 18.9. The average molecular weight is 485 g/mol. The van der Waals surface area contributed by atoms with E-state index in [4.69, 9.17) is 13.2 Å². The minimum absolute atomic E-state index is 0. The third-order valence-electron chi connectivity index (χ3n) is 1.43. The minimum atomic E-state index is 0. The van der Waals surface area contributed by atoms with E-state index in [1.54, 1.807) is 0 Å². The van der Waals surface area contributed by atoms with E-state index in [0.717, 1.165) is 5.56 Å². The largest absolute Gasteiger partial charge is 0.487 e. The van der Waals surface area contributed by atoms with Crippen molar-refractivity contribution in [1.82, 2.24) is 0 Å². The molecule has 0 nitrogen and oxygen atoms in total. The van der Waals surface area contributed by atoms with E-state index in [-0.39, 0.29) is 125 Å². The molecule has 0 heterocycles. The number of rotatable bonds is 2. The Balaban J connectivity index is -0.0000000504. The van der Waals surface area contributed by atoms with Crippen LogP contribution < -0.4 is 0 Å². The molecule has 0 N–H and O–H groups in total. The van der Waals surface area contributed by atoms with E-state index in [9.17, 15) is 0 Å². The first kappa shape index (κ1) is 36.7. The van der Waals surface area contributed by atoms with Gasteiger partial charge >= 0.3 is 0 Å². The van der Waals surface area contributed by atoms with Gasteiger partial charge in [-0.25, -0.2) is 5.56 Å². The van der Waals surface area contributed by atoms with Gasteiger partial charge in [0.1, 0.15) is 0 Å². The van der Waals surface area contributed by atoms with Crippen molar-refractivity contribution in [3.63, 3.8) is 0 Å². The van der Waals surface area contributed by atoms with Crippen LogP contribution in [0.15, 0.2) is 35.9 Å². The third-order valence-corrected chi connectivity index (χ3v) is 1.43. The van der Waals surface area contributed by atoms with Gasteiger partial charge in [-0.15, -0.1) is 12.1 Å². The van der Waals surface area contributed by atoms with Crippen molar-refractivity contribution in [3.05, 3.63) is 61.5 Å². The van der Waals surface area contributed by atoms with Crippen molar-refractivity contribution in [2.75, 3.05) is 0 Å². The molecule has 0 amide bonds. The van der Waals surface area contributed by atoms with Crippen molar-refractivity contribution in [1.29, 1.82) is 0 Å². The Morgan fingerprint density at radius 3 is 1.47 bits per heavy atom. The predicted molar refractivity (Wildman–Crippen MR) is 47.3 cm³/mol. The van der Waals surface area contributed by atoms with E-state index in [2.05, 4.69) is 6.92 Å². The van der Waals surface area contributed by atoms with Crippen LogP contribution in [0.3, 0.4) is 0 Å². The molecular weight excluding hydrogens is 476 g/mol. The first-order valence-corrected chi connectivity index (χ1v) is 3.34. The molecule has 1 rings (SSSR count).